The number of primary amides is 1. The third-order valence-electron chi connectivity index (χ3n) is 3.62. The molecule has 1 fully saturated rings. The molecule has 4 N–H and O–H groups in total. The summed E-state index contributed by atoms with van der Waals surface area (Å²) in [5.41, 5.74) is 9.66. The van der Waals surface area contributed by atoms with Crippen LogP contribution in [0.4, 0.5) is 9.18 Å². The molecular weight excluding hydrogens is 319 g/mol. The lowest BCUT2D eigenvalue weighted by Gasteiger charge is -2.30. The predicted molar refractivity (Wildman–Crippen MR) is 82.1 cm³/mol. The van der Waals surface area contributed by atoms with E-state index < -0.39 is 36.2 Å². The zero-order valence-electron chi connectivity index (χ0n) is 13.0. The van der Waals surface area contributed by atoms with E-state index in [2.05, 4.69) is 10.9 Å². The van der Waals surface area contributed by atoms with E-state index in [9.17, 15) is 18.8 Å². The average molecular weight is 338 g/mol. The van der Waals surface area contributed by atoms with E-state index in [1.165, 1.54) is 23.1 Å². The number of piperidine rings is 1. The Morgan fingerprint density at radius 1 is 1.29 bits per heavy atom. The second-order valence-corrected chi connectivity index (χ2v) is 5.38. The Hall–Kier alpha value is -2.84. The molecule has 0 spiro atoms. The van der Waals surface area contributed by atoms with Crippen LogP contribution in [-0.4, -0.2) is 42.4 Å². The zero-order chi connectivity index (χ0) is 17.5. The SMILES string of the molecule is NC(=O)N1CCC[C@H](C(=O)NNC(=O)COc2ccccc2F)C1. The highest BCUT2D eigenvalue weighted by molar-refractivity contribution is 5.84. The first-order valence-electron chi connectivity index (χ1n) is 7.47. The number of hydrogen-bond donors (Lipinski definition) is 3. The van der Waals surface area contributed by atoms with Gasteiger partial charge in [-0.05, 0) is 25.0 Å². The fourth-order valence-electron chi connectivity index (χ4n) is 2.37. The Morgan fingerprint density at radius 2 is 2.04 bits per heavy atom. The number of hydrogen-bond acceptors (Lipinski definition) is 4. The molecule has 1 aliphatic rings. The molecule has 4 amide bonds. The van der Waals surface area contributed by atoms with Gasteiger partial charge in [0, 0.05) is 13.1 Å². The van der Waals surface area contributed by atoms with Crippen LogP contribution in [0.1, 0.15) is 12.8 Å². The largest absolute Gasteiger partial charge is 0.481 e. The molecule has 1 aromatic carbocycles. The molecule has 0 aliphatic carbocycles. The Kier molecular flexibility index (Phi) is 5.94. The van der Waals surface area contributed by atoms with Gasteiger partial charge in [0.05, 0.1) is 5.92 Å². The number of carbonyl (C=O) groups excluding carboxylic acids is 3. The summed E-state index contributed by atoms with van der Waals surface area (Å²) in [5, 5.41) is 0. The number of likely N-dealkylation sites (tertiary alicyclic amines) is 1. The van der Waals surface area contributed by atoms with E-state index >= 15 is 0 Å². The standard InChI is InChI=1S/C15H19FN4O4/c16-11-5-1-2-6-12(11)24-9-13(21)18-19-14(22)10-4-3-7-20(8-10)15(17)23/h1-2,5-6,10H,3-4,7-9H2,(H2,17,23)(H,18,21)(H,19,22)/t10-/m0/s1. The topological polar surface area (TPSA) is 114 Å². The zero-order valence-corrected chi connectivity index (χ0v) is 13.0. The number of para-hydroxylation sites is 1. The molecule has 9 heteroatoms. The maximum atomic E-state index is 13.3. The van der Waals surface area contributed by atoms with Crippen molar-refractivity contribution in [1.29, 1.82) is 0 Å². The van der Waals surface area contributed by atoms with Crippen LogP contribution in [0.25, 0.3) is 0 Å². The summed E-state index contributed by atoms with van der Waals surface area (Å²) in [6.45, 7) is 0.282. The van der Waals surface area contributed by atoms with Crippen molar-refractivity contribution in [1.82, 2.24) is 15.8 Å². The van der Waals surface area contributed by atoms with Gasteiger partial charge in [-0.1, -0.05) is 12.1 Å². The van der Waals surface area contributed by atoms with Gasteiger partial charge in [0.1, 0.15) is 0 Å². The molecule has 1 heterocycles. The third kappa shape index (κ3) is 4.83. The lowest BCUT2D eigenvalue weighted by atomic mass is 9.98. The third-order valence-corrected chi connectivity index (χ3v) is 3.62. The molecule has 2 rings (SSSR count). The number of amides is 4. The predicted octanol–water partition coefficient (Wildman–Crippen LogP) is 0.143. The summed E-state index contributed by atoms with van der Waals surface area (Å²) in [6, 6.07) is 5.10. The Bertz CT molecular complexity index is 625. The van der Waals surface area contributed by atoms with E-state index in [1.807, 2.05) is 0 Å². The number of nitrogens with one attached hydrogen (secondary N) is 2. The van der Waals surface area contributed by atoms with Crippen LogP contribution in [0.3, 0.4) is 0 Å². The number of halogens is 1. The molecule has 0 radical (unpaired) electrons. The summed E-state index contributed by atoms with van der Waals surface area (Å²) in [5.74, 6) is -2.13. The first kappa shape index (κ1) is 17.5. The Labute approximate surface area is 138 Å². The van der Waals surface area contributed by atoms with E-state index in [0.29, 0.717) is 19.4 Å². The van der Waals surface area contributed by atoms with E-state index in [4.69, 9.17) is 10.5 Å². The molecular formula is C15H19FN4O4. The molecule has 1 aliphatic heterocycles. The van der Waals surface area contributed by atoms with Crippen LogP contribution >= 0.6 is 0 Å². The minimum absolute atomic E-state index is 0.0524. The molecule has 8 nitrogen and oxygen atoms in total. The first-order valence-corrected chi connectivity index (χ1v) is 7.47. The molecule has 1 aromatic rings. The van der Waals surface area contributed by atoms with Crippen LogP contribution in [0.15, 0.2) is 24.3 Å². The van der Waals surface area contributed by atoms with Crippen molar-refractivity contribution in [3.8, 4) is 5.75 Å². The van der Waals surface area contributed by atoms with Gasteiger partial charge in [-0.25, -0.2) is 9.18 Å². The molecule has 0 aromatic heterocycles. The van der Waals surface area contributed by atoms with Gasteiger partial charge in [-0.3, -0.25) is 20.4 Å². The monoisotopic (exact) mass is 338 g/mol. The van der Waals surface area contributed by atoms with Crippen molar-refractivity contribution < 1.29 is 23.5 Å². The summed E-state index contributed by atoms with van der Waals surface area (Å²) in [4.78, 5) is 36.1. The van der Waals surface area contributed by atoms with Crippen LogP contribution < -0.4 is 21.3 Å². The van der Waals surface area contributed by atoms with Crippen molar-refractivity contribution in [3.05, 3.63) is 30.1 Å². The van der Waals surface area contributed by atoms with Crippen molar-refractivity contribution in [2.75, 3.05) is 19.7 Å². The quantitative estimate of drug-likeness (QED) is 0.678. The van der Waals surface area contributed by atoms with Gasteiger partial charge in [-0.2, -0.15) is 0 Å². The van der Waals surface area contributed by atoms with E-state index in [-0.39, 0.29) is 12.3 Å². The molecule has 24 heavy (non-hydrogen) atoms. The van der Waals surface area contributed by atoms with Gasteiger partial charge >= 0.3 is 6.03 Å². The minimum Gasteiger partial charge on any atom is -0.481 e. The minimum atomic E-state index is -0.630. The Balaban J connectivity index is 1.74. The maximum absolute atomic E-state index is 13.3. The maximum Gasteiger partial charge on any atom is 0.314 e. The number of hydrazine groups is 1. The number of nitrogens with zero attached hydrogens (tertiary/aromatic N) is 1. The number of rotatable bonds is 4. The highest BCUT2D eigenvalue weighted by Gasteiger charge is 2.27. The van der Waals surface area contributed by atoms with Crippen molar-refractivity contribution >= 4 is 17.8 Å². The summed E-state index contributed by atoms with van der Waals surface area (Å²) >= 11 is 0. The lowest BCUT2D eigenvalue weighted by Crippen LogP contribution is -2.51. The molecule has 130 valence electrons. The summed E-state index contributed by atoms with van der Waals surface area (Å²) in [7, 11) is 0. The van der Waals surface area contributed by atoms with Crippen molar-refractivity contribution in [2.45, 2.75) is 12.8 Å². The number of urea groups is 1. The number of benzene rings is 1. The highest BCUT2D eigenvalue weighted by atomic mass is 19.1. The van der Waals surface area contributed by atoms with Gasteiger partial charge in [0.25, 0.3) is 5.91 Å². The molecule has 1 saturated heterocycles. The van der Waals surface area contributed by atoms with E-state index in [1.54, 1.807) is 6.07 Å². The van der Waals surface area contributed by atoms with Crippen LogP contribution in [-0.2, 0) is 9.59 Å². The van der Waals surface area contributed by atoms with Gasteiger partial charge in [0.2, 0.25) is 5.91 Å². The molecule has 0 unspecified atom stereocenters. The van der Waals surface area contributed by atoms with Crippen molar-refractivity contribution in [2.24, 2.45) is 11.7 Å². The van der Waals surface area contributed by atoms with Gasteiger partial charge in [-0.15, -0.1) is 0 Å². The van der Waals surface area contributed by atoms with Gasteiger partial charge < -0.3 is 15.4 Å². The number of nitrogens with two attached hydrogens (primary N) is 1. The lowest BCUT2D eigenvalue weighted by molar-refractivity contribution is -0.132. The number of ether oxygens (including phenoxy) is 1. The van der Waals surface area contributed by atoms with E-state index in [0.717, 1.165) is 0 Å². The van der Waals surface area contributed by atoms with Crippen LogP contribution in [0, 0.1) is 11.7 Å². The Morgan fingerprint density at radius 3 is 2.75 bits per heavy atom. The molecule has 0 bridgehead atoms. The van der Waals surface area contributed by atoms with Crippen LogP contribution in [0.2, 0.25) is 0 Å². The smallest absolute Gasteiger partial charge is 0.314 e. The first-order chi connectivity index (χ1) is 11.5. The fourth-order valence-corrected chi connectivity index (χ4v) is 2.37. The molecule has 0 saturated carbocycles. The van der Waals surface area contributed by atoms with Gasteiger partial charge in [0.15, 0.2) is 18.2 Å². The van der Waals surface area contributed by atoms with Crippen molar-refractivity contribution in [3.63, 3.8) is 0 Å². The summed E-state index contributed by atoms with van der Waals surface area (Å²) < 4.78 is 18.3. The van der Waals surface area contributed by atoms with Crippen LogP contribution in [0.5, 0.6) is 5.75 Å². The number of carbonyl (C=O) groups is 3. The fraction of sp³-hybridized carbons (Fsp3) is 0.400. The molecule has 1 atom stereocenters. The summed E-state index contributed by atoms with van der Waals surface area (Å²) in [6.07, 6.45) is 1.25. The average Bonchev–Trinajstić information content (AvgIpc) is 2.59. The second-order valence-electron chi connectivity index (χ2n) is 5.38. The second kappa shape index (κ2) is 8.14. The normalized spacial score (nSPS) is 17.0. The highest BCUT2D eigenvalue weighted by Crippen LogP contribution is 2.16.